The summed E-state index contributed by atoms with van der Waals surface area (Å²) in [5.41, 5.74) is 8.79. The number of carbonyl (C=O) groups is 2. The Labute approximate surface area is 155 Å². The van der Waals surface area contributed by atoms with E-state index in [9.17, 15) is 9.59 Å². The molecule has 1 aliphatic rings. The summed E-state index contributed by atoms with van der Waals surface area (Å²) >= 11 is 1.26. The maximum Gasteiger partial charge on any atom is 0.335 e. The number of amides is 1. The number of thioether (sulfide) groups is 1. The van der Waals surface area contributed by atoms with Crippen molar-refractivity contribution in [1.29, 1.82) is 0 Å². The molecule has 1 saturated heterocycles. The van der Waals surface area contributed by atoms with Crippen molar-refractivity contribution in [2.45, 2.75) is 6.92 Å². The molecule has 1 amide bonds. The van der Waals surface area contributed by atoms with Crippen LogP contribution in [0.5, 0.6) is 0 Å². The summed E-state index contributed by atoms with van der Waals surface area (Å²) in [6.45, 7) is 1.87. The SMILES string of the molecule is C/C(=C1/SC(=Nc2cccc(C(=O)O)c2)N(C)C1=O)c1cccc(N)c1. The van der Waals surface area contributed by atoms with Crippen molar-refractivity contribution in [1.82, 2.24) is 4.90 Å². The number of allylic oxidation sites excluding steroid dienone is 1. The Kier molecular flexibility index (Phi) is 4.81. The van der Waals surface area contributed by atoms with E-state index < -0.39 is 5.97 Å². The maximum absolute atomic E-state index is 12.6. The molecule has 1 aliphatic heterocycles. The first-order valence-electron chi connectivity index (χ1n) is 7.81. The number of carboxylic acid groups (broad SMARTS) is 1. The van der Waals surface area contributed by atoms with Gasteiger partial charge in [0.05, 0.1) is 16.2 Å². The Morgan fingerprint density at radius 1 is 1.15 bits per heavy atom. The van der Waals surface area contributed by atoms with E-state index in [2.05, 4.69) is 4.99 Å². The van der Waals surface area contributed by atoms with Gasteiger partial charge in [-0.15, -0.1) is 0 Å². The Morgan fingerprint density at radius 2 is 1.85 bits per heavy atom. The van der Waals surface area contributed by atoms with E-state index in [0.717, 1.165) is 11.1 Å². The number of aromatic carboxylic acids is 1. The van der Waals surface area contributed by atoms with Crippen LogP contribution in [-0.2, 0) is 4.79 Å². The molecule has 0 unspecified atom stereocenters. The van der Waals surface area contributed by atoms with Crippen LogP contribution in [0.2, 0.25) is 0 Å². The molecule has 7 heteroatoms. The van der Waals surface area contributed by atoms with Gasteiger partial charge in [0.2, 0.25) is 0 Å². The summed E-state index contributed by atoms with van der Waals surface area (Å²) in [6.07, 6.45) is 0. The molecule has 2 aromatic carbocycles. The second kappa shape index (κ2) is 7.05. The molecule has 6 nitrogen and oxygen atoms in total. The van der Waals surface area contributed by atoms with E-state index in [-0.39, 0.29) is 11.5 Å². The van der Waals surface area contributed by atoms with Gasteiger partial charge in [-0.3, -0.25) is 9.69 Å². The second-order valence-corrected chi connectivity index (χ2v) is 6.77. The lowest BCUT2D eigenvalue weighted by Crippen LogP contribution is -2.23. The molecule has 2 aromatic rings. The van der Waals surface area contributed by atoms with Gasteiger partial charge in [0.25, 0.3) is 5.91 Å². The van der Waals surface area contributed by atoms with E-state index in [0.29, 0.717) is 21.4 Å². The predicted octanol–water partition coefficient (Wildman–Crippen LogP) is 3.59. The molecule has 0 aliphatic carbocycles. The first kappa shape index (κ1) is 17.8. The predicted molar refractivity (Wildman–Crippen MR) is 104 cm³/mol. The Morgan fingerprint density at radius 3 is 2.54 bits per heavy atom. The minimum Gasteiger partial charge on any atom is -0.478 e. The zero-order valence-electron chi connectivity index (χ0n) is 14.3. The van der Waals surface area contributed by atoms with Crippen LogP contribution in [-0.4, -0.2) is 34.1 Å². The molecular formula is C19H17N3O3S. The summed E-state index contributed by atoms with van der Waals surface area (Å²) in [5.74, 6) is -1.17. The number of amidine groups is 1. The molecule has 0 bridgehead atoms. The first-order valence-corrected chi connectivity index (χ1v) is 8.63. The minimum absolute atomic E-state index is 0.149. The molecule has 132 valence electrons. The molecule has 0 spiro atoms. The summed E-state index contributed by atoms with van der Waals surface area (Å²) < 4.78 is 0. The minimum atomic E-state index is -1.02. The number of anilines is 1. The normalized spacial score (nSPS) is 17.7. The molecule has 3 N–H and O–H groups in total. The number of nitrogen functional groups attached to an aromatic ring is 1. The van der Waals surface area contributed by atoms with Gasteiger partial charge >= 0.3 is 5.97 Å². The first-order chi connectivity index (χ1) is 12.4. The van der Waals surface area contributed by atoms with Gasteiger partial charge in [-0.2, -0.15) is 0 Å². The topological polar surface area (TPSA) is 96.0 Å². The van der Waals surface area contributed by atoms with E-state index in [1.54, 1.807) is 25.2 Å². The van der Waals surface area contributed by atoms with E-state index in [1.807, 2.05) is 25.1 Å². The average molecular weight is 367 g/mol. The highest BCUT2D eigenvalue weighted by atomic mass is 32.2. The van der Waals surface area contributed by atoms with Crippen LogP contribution in [0.4, 0.5) is 11.4 Å². The number of hydrogen-bond donors (Lipinski definition) is 2. The number of hydrogen-bond acceptors (Lipinski definition) is 5. The Hall–Kier alpha value is -3.06. The van der Waals surface area contributed by atoms with Crippen molar-refractivity contribution in [2.75, 3.05) is 12.8 Å². The number of nitrogens with two attached hydrogens (primary N) is 1. The lowest BCUT2D eigenvalue weighted by Gasteiger charge is -2.08. The van der Waals surface area contributed by atoms with Crippen LogP contribution in [0.25, 0.3) is 5.57 Å². The number of nitrogens with zero attached hydrogens (tertiary/aromatic N) is 2. The standard InChI is InChI=1S/C19H17N3O3S/c1-11(12-5-3-7-14(20)9-12)16-17(23)22(2)19(26-16)21-15-8-4-6-13(10-15)18(24)25/h3-10H,20H2,1-2H3,(H,24,25)/b16-11-,21-19?. The summed E-state index contributed by atoms with van der Waals surface area (Å²) in [4.78, 5) is 30.2. The molecule has 26 heavy (non-hydrogen) atoms. The van der Waals surface area contributed by atoms with Gasteiger partial charge in [-0.1, -0.05) is 18.2 Å². The van der Waals surface area contributed by atoms with Crippen LogP contribution < -0.4 is 5.73 Å². The van der Waals surface area contributed by atoms with Crippen molar-refractivity contribution in [2.24, 2.45) is 4.99 Å². The van der Waals surface area contributed by atoms with Gasteiger partial charge in [0.15, 0.2) is 5.17 Å². The fourth-order valence-electron chi connectivity index (χ4n) is 2.50. The highest BCUT2D eigenvalue weighted by Crippen LogP contribution is 2.37. The van der Waals surface area contributed by atoms with Crippen molar-refractivity contribution in [3.05, 3.63) is 64.6 Å². The third-order valence-corrected chi connectivity index (χ3v) is 5.19. The molecule has 0 atom stereocenters. The Bertz CT molecular complexity index is 966. The van der Waals surface area contributed by atoms with Crippen molar-refractivity contribution in [3.8, 4) is 0 Å². The van der Waals surface area contributed by atoms with E-state index in [4.69, 9.17) is 10.8 Å². The molecule has 0 radical (unpaired) electrons. The molecule has 0 saturated carbocycles. The average Bonchev–Trinajstić information content (AvgIpc) is 2.90. The summed E-state index contributed by atoms with van der Waals surface area (Å²) in [7, 11) is 1.65. The van der Waals surface area contributed by atoms with E-state index >= 15 is 0 Å². The highest BCUT2D eigenvalue weighted by molar-refractivity contribution is 8.18. The van der Waals surface area contributed by atoms with Crippen LogP contribution >= 0.6 is 11.8 Å². The van der Waals surface area contributed by atoms with Gasteiger partial charge in [0, 0.05) is 12.7 Å². The Balaban J connectivity index is 1.97. The third kappa shape index (κ3) is 3.48. The highest BCUT2D eigenvalue weighted by Gasteiger charge is 2.32. The lowest BCUT2D eigenvalue weighted by atomic mass is 10.1. The zero-order chi connectivity index (χ0) is 18.8. The van der Waals surface area contributed by atoms with Crippen molar-refractivity contribution < 1.29 is 14.7 Å². The molecule has 1 fully saturated rings. The number of likely N-dealkylation sites (N-methyl/N-ethyl adjacent to an activating group) is 1. The number of carbonyl (C=O) groups excluding carboxylic acids is 1. The summed E-state index contributed by atoms with van der Waals surface area (Å²) in [6, 6.07) is 13.6. The molecule has 0 aromatic heterocycles. The summed E-state index contributed by atoms with van der Waals surface area (Å²) in [5, 5.41) is 9.59. The lowest BCUT2D eigenvalue weighted by molar-refractivity contribution is -0.121. The largest absolute Gasteiger partial charge is 0.478 e. The maximum atomic E-state index is 12.6. The van der Waals surface area contributed by atoms with Crippen LogP contribution in [0.3, 0.4) is 0 Å². The van der Waals surface area contributed by atoms with Gasteiger partial charge in [-0.25, -0.2) is 9.79 Å². The van der Waals surface area contributed by atoms with E-state index in [1.165, 1.54) is 28.8 Å². The fraction of sp³-hybridized carbons (Fsp3) is 0.105. The molecule has 1 heterocycles. The quantitative estimate of drug-likeness (QED) is 0.638. The number of rotatable bonds is 3. The molecular weight excluding hydrogens is 350 g/mol. The van der Waals surface area contributed by atoms with Crippen LogP contribution in [0, 0.1) is 0 Å². The van der Waals surface area contributed by atoms with Crippen molar-refractivity contribution in [3.63, 3.8) is 0 Å². The monoisotopic (exact) mass is 367 g/mol. The fourth-order valence-corrected chi connectivity index (χ4v) is 3.55. The molecule has 3 rings (SSSR count). The van der Waals surface area contributed by atoms with Gasteiger partial charge in [0.1, 0.15) is 0 Å². The van der Waals surface area contributed by atoms with Gasteiger partial charge in [-0.05, 0) is 60.2 Å². The number of aliphatic imine (C=N–C) groups is 1. The number of carboxylic acids is 1. The van der Waals surface area contributed by atoms with Crippen molar-refractivity contribution >= 4 is 45.8 Å². The van der Waals surface area contributed by atoms with Gasteiger partial charge < -0.3 is 10.8 Å². The third-order valence-electron chi connectivity index (χ3n) is 3.96. The van der Waals surface area contributed by atoms with Crippen LogP contribution in [0.1, 0.15) is 22.8 Å². The number of benzene rings is 2. The smallest absolute Gasteiger partial charge is 0.335 e. The second-order valence-electron chi connectivity index (χ2n) is 5.80. The zero-order valence-corrected chi connectivity index (χ0v) is 15.1. The van der Waals surface area contributed by atoms with Crippen LogP contribution in [0.15, 0.2) is 58.4 Å².